The normalized spacial score (nSPS) is 15.1. The second kappa shape index (κ2) is 9.92. The van der Waals surface area contributed by atoms with E-state index in [-0.39, 0.29) is 5.82 Å². The van der Waals surface area contributed by atoms with Gasteiger partial charge in [-0.2, -0.15) is 13.2 Å². The van der Waals surface area contributed by atoms with Crippen LogP contribution in [-0.4, -0.2) is 41.0 Å². The van der Waals surface area contributed by atoms with Gasteiger partial charge < -0.3 is 15.5 Å². The van der Waals surface area contributed by atoms with E-state index in [0.29, 0.717) is 16.4 Å². The Hall–Kier alpha value is -2.58. The number of nitrogens with zero attached hydrogens (tertiary/aromatic N) is 3. The van der Waals surface area contributed by atoms with Crippen molar-refractivity contribution >= 4 is 39.8 Å². The minimum absolute atomic E-state index is 0.0646. The number of fused-ring (bicyclic) bond motifs is 1. The van der Waals surface area contributed by atoms with Crippen LogP contribution in [0.1, 0.15) is 31.2 Å². The Morgan fingerprint density at radius 2 is 1.84 bits per heavy atom. The van der Waals surface area contributed by atoms with Crippen molar-refractivity contribution in [2.45, 2.75) is 31.9 Å². The van der Waals surface area contributed by atoms with Crippen molar-refractivity contribution in [3.8, 4) is 0 Å². The van der Waals surface area contributed by atoms with Gasteiger partial charge in [-0.1, -0.05) is 30.2 Å². The zero-order valence-corrected chi connectivity index (χ0v) is 18.3. The number of aromatic nitrogens is 2. The van der Waals surface area contributed by atoms with E-state index < -0.39 is 11.7 Å². The van der Waals surface area contributed by atoms with Crippen molar-refractivity contribution in [3.05, 3.63) is 53.2 Å². The van der Waals surface area contributed by atoms with E-state index in [2.05, 4.69) is 25.5 Å². The molecule has 1 fully saturated rings. The third kappa shape index (κ3) is 5.61. The molecule has 0 spiro atoms. The first-order valence-corrected chi connectivity index (χ1v) is 11.1. The summed E-state index contributed by atoms with van der Waals surface area (Å²) in [4.78, 5) is 11.0. The number of benzene rings is 1. The van der Waals surface area contributed by atoms with Crippen LogP contribution in [0.5, 0.6) is 0 Å². The summed E-state index contributed by atoms with van der Waals surface area (Å²) in [7, 11) is 0. The number of nitrogens with one attached hydrogen (secondary N) is 2. The molecule has 0 aliphatic carbocycles. The predicted octanol–water partition coefficient (Wildman–Crippen LogP) is 6.33. The number of para-hydroxylation sites is 1. The first-order chi connectivity index (χ1) is 15.4. The van der Waals surface area contributed by atoms with Crippen molar-refractivity contribution in [2.24, 2.45) is 0 Å². The lowest BCUT2D eigenvalue weighted by atomic mass is 10.1. The Kier molecular flexibility index (Phi) is 7.01. The third-order valence-electron chi connectivity index (χ3n) is 5.55. The van der Waals surface area contributed by atoms with Crippen molar-refractivity contribution in [1.82, 2.24) is 14.9 Å². The summed E-state index contributed by atoms with van der Waals surface area (Å²) >= 11 is 6.36. The number of pyridine rings is 2. The van der Waals surface area contributed by atoms with E-state index in [4.69, 9.17) is 11.6 Å². The maximum atomic E-state index is 13.0. The molecule has 4 rings (SSSR count). The molecule has 1 aliphatic rings. The zero-order chi connectivity index (χ0) is 22.6. The SMILES string of the molecule is FC(F)(F)c1ccnc(Nc2cc(NCCCN3CCCCC3)c3cccc(Cl)c3n2)c1. The van der Waals surface area contributed by atoms with Gasteiger partial charge in [0.1, 0.15) is 11.6 Å². The lowest BCUT2D eigenvalue weighted by molar-refractivity contribution is -0.137. The van der Waals surface area contributed by atoms with E-state index in [1.54, 1.807) is 12.1 Å². The fraction of sp³-hybridized carbons (Fsp3) is 0.391. The molecular weight excluding hydrogens is 439 g/mol. The van der Waals surface area contributed by atoms with Gasteiger partial charge in [0.2, 0.25) is 0 Å². The van der Waals surface area contributed by atoms with Gasteiger partial charge in [-0.25, -0.2) is 9.97 Å². The van der Waals surface area contributed by atoms with Crippen LogP contribution in [0.25, 0.3) is 10.9 Å². The molecule has 1 aromatic carbocycles. The quantitative estimate of drug-likeness (QED) is 0.401. The average Bonchev–Trinajstić information content (AvgIpc) is 2.78. The van der Waals surface area contributed by atoms with Crippen LogP contribution in [0.2, 0.25) is 5.02 Å². The highest BCUT2D eigenvalue weighted by Crippen LogP contribution is 2.33. The molecule has 9 heteroatoms. The molecule has 5 nitrogen and oxygen atoms in total. The first-order valence-electron chi connectivity index (χ1n) is 10.8. The summed E-state index contributed by atoms with van der Waals surface area (Å²) in [6.45, 7) is 4.12. The second-order valence-electron chi connectivity index (χ2n) is 7.93. The summed E-state index contributed by atoms with van der Waals surface area (Å²) in [5, 5.41) is 7.67. The maximum absolute atomic E-state index is 13.0. The molecule has 0 saturated carbocycles. The largest absolute Gasteiger partial charge is 0.416 e. The van der Waals surface area contributed by atoms with Gasteiger partial charge in [-0.15, -0.1) is 0 Å². The van der Waals surface area contributed by atoms with Gasteiger partial charge in [0.15, 0.2) is 0 Å². The molecule has 0 atom stereocenters. The van der Waals surface area contributed by atoms with Crippen LogP contribution >= 0.6 is 11.6 Å². The standard InChI is InChI=1S/C23H25ClF3N5/c24-18-7-4-6-17-19(28-9-5-13-32-11-2-1-3-12-32)15-21(31-22(17)18)30-20-14-16(8-10-29-20)23(25,26)27/h4,6-8,10,14-15H,1-3,5,9,11-13H2,(H2,28,29,30,31). The molecular formula is C23H25ClF3N5. The van der Waals surface area contributed by atoms with Gasteiger partial charge >= 0.3 is 6.18 Å². The number of hydrogen-bond acceptors (Lipinski definition) is 5. The Balaban J connectivity index is 1.52. The van der Waals surface area contributed by atoms with Crippen molar-refractivity contribution in [3.63, 3.8) is 0 Å². The molecule has 32 heavy (non-hydrogen) atoms. The molecule has 170 valence electrons. The Labute approximate surface area is 190 Å². The van der Waals surface area contributed by atoms with Gasteiger partial charge in [0.25, 0.3) is 0 Å². The first kappa shape index (κ1) is 22.6. The molecule has 0 amide bonds. The molecule has 1 aliphatic heterocycles. The lowest BCUT2D eigenvalue weighted by Gasteiger charge is -2.26. The minimum Gasteiger partial charge on any atom is -0.384 e. The van der Waals surface area contributed by atoms with Gasteiger partial charge in [-0.05, 0) is 57.1 Å². The number of alkyl halides is 3. The van der Waals surface area contributed by atoms with Crippen LogP contribution in [0.15, 0.2) is 42.6 Å². The van der Waals surface area contributed by atoms with E-state index in [9.17, 15) is 13.2 Å². The minimum atomic E-state index is -4.44. The fourth-order valence-electron chi connectivity index (χ4n) is 3.94. The smallest absolute Gasteiger partial charge is 0.384 e. The highest BCUT2D eigenvalue weighted by Gasteiger charge is 2.30. The topological polar surface area (TPSA) is 53.1 Å². The third-order valence-corrected chi connectivity index (χ3v) is 5.85. The summed E-state index contributed by atoms with van der Waals surface area (Å²) in [6.07, 6.45) is 1.51. The molecule has 1 saturated heterocycles. The van der Waals surface area contributed by atoms with Gasteiger partial charge in [-0.3, -0.25) is 0 Å². The Bertz CT molecular complexity index is 1070. The van der Waals surface area contributed by atoms with Crippen LogP contribution < -0.4 is 10.6 Å². The lowest BCUT2D eigenvalue weighted by Crippen LogP contribution is -2.31. The number of likely N-dealkylation sites (tertiary alicyclic amines) is 1. The fourth-order valence-corrected chi connectivity index (χ4v) is 4.16. The molecule has 2 aromatic heterocycles. The van der Waals surface area contributed by atoms with E-state index in [1.165, 1.54) is 19.3 Å². The summed E-state index contributed by atoms with van der Waals surface area (Å²) in [5.41, 5.74) is 0.625. The number of rotatable bonds is 7. The highest BCUT2D eigenvalue weighted by atomic mass is 35.5. The molecule has 3 aromatic rings. The monoisotopic (exact) mass is 463 g/mol. The number of hydrogen-bond donors (Lipinski definition) is 2. The maximum Gasteiger partial charge on any atom is 0.416 e. The van der Waals surface area contributed by atoms with Crippen molar-refractivity contribution < 1.29 is 13.2 Å². The van der Waals surface area contributed by atoms with Crippen LogP contribution in [0.4, 0.5) is 30.5 Å². The highest BCUT2D eigenvalue weighted by molar-refractivity contribution is 6.35. The summed E-state index contributed by atoms with van der Waals surface area (Å²) < 4.78 is 39.1. The van der Waals surface area contributed by atoms with E-state index in [1.807, 2.05) is 12.1 Å². The van der Waals surface area contributed by atoms with Crippen LogP contribution in [-0.2, 0) is 6.18 Å². The molecule has 0 radical (unpaired) electrons. The van der Waals surface area contributed by atoms with E-state index >= 15 is 0 Å². The average molecular weight is 464 g/mol. The summed E-state index contributed by atoms with van der Waals surface area (Å²) in [6, 6.07) is 9.19. The Morgan fingerprint density at radius 1 is 1.03 bits per heavy atom. The number of anilines is 3. The second-order valence-corrected chi connectivity index (χ2v) is 8.33. The molecule has 3 heterocycles. The molecule has 2 N–H and O–H groups in total. The van der Waals surface area contributed by atoms with Crippen LogP contribution in [0.3, 0.4) is 0 Å². The predicted molar refractivity (Wildman–Crippen MR) is 123 cm³/mol. The summed E-state index contributed by atoms with van der Waals surface area (Å²) in [5.74, 6) is 0.436. The number of piperidine rings is 1. The Morgan fingerprint density at radius 3 is 2.62 bits per heavy atom. The number of halogens is 4. The zero-order valence-electron chi connectivity index (χ0n) is 17.6. The molecule has 0 bridgehead atoms. The van der Waals surface area contributed by atoms with Gasteiger partial charge in [0.05, 0.1) is 16.1 Å². The van der Waals surface area contributed by atoms with Crippen molar-refractivity contribution in [2.75, 3.05) is 36.8 Å². The van der Waals surface area contributed by atoms with Gasteiger partial charge in [0, 0.05) is 29.9 Å². The van der Waals surface area contributed by atoms with E-state index in [0.717, 1.165) is 62.0 Å². The van der Waals surface area contributed by atoms with Crippen LogP contribution in [0, 0.1) is 0 Å². The van der Waals surface area contributed by atoms with Crippen molar-refractivity contribution in [1.29, 1.82) is 0 Å². The molecule has 0 unspecified atom stereocenters.